The van der Waals surface area contributed by atoms with E-state index >= 15 is 0 Å². The molecule has 1 aromatic carbocycles. The lowest BCUT2D eigenvalue weighted by atomic mass is 10.0. The number of aromatic nitrogens is 2. The standard InChI is InChI=1S/C18H22FN3O/c1-23-18-20-11-14(12-21-18)13-22-9-4-2-3-8-17(22)15-6-5-7-16(19)10-15/h5-7,10-12,17H,2-4,8-9,13H2,1H3. The first-order valence-electron chi connectivity index (χ1n) is 8.10. The molecule has 4 nitrogen and oxygen atoms in total. The Bertz CT molecular complexity index is 632. The van der Waals surface area contributed by atoms with Crippen molar-refractivity contribution in [2.24, 2.45) is 0 Å². The molecule has 1 atom stereocenters. The number of hydrogen-bond donors (Lipinski definition) is 0. The van der Waals surface area contributed by atoms with Crippen LogP contribution in [0, 0.1) is 5.82 Å². The van der Waals surface area contributed by atoms with Gasteiger partial charge in [0, 0.05) is 30.5 Å². The maximum Gasteiger partial charge on any atom is 0.316 e. The Hall–Kier alpha value is -2.01. The van der Waals surface area contributed by atoms with Crippen LogP contribution in [0.2, 0.25) is 0 Å². The number of likely N-dealkylation sites (tertiary alicyclic amines) is 1. The first-order valence-corrected chi connectivity index (χ1v) is 8.10. The highest BCUT2D eigenvalue weighted by Crippen LogP contribution is 2.31. The van der Waals surface area contributed by atoms with Gasteiger partial charge >= 0.3 is 6.01 Å². The molecule has 0 amide bonds. The molecule has 3 rings (SSSR count). The summed E-state index contributed by atoms with van der Waals surface area (Å²) in [7, 11) is 1.56. The van der Waals surface area contributed by atoms with Gasteiger partial charge in [0.15, 0.2) is 0 Å². The third-order valence-corrected chi connectivity index (χ3v) is 4.35. The van der Waals surface area contributed by atoms with Crippen molar-refractivity contribution in [2.75, 3.05) is 13.7 Å². The molecule has 1 saturated heterocycles. The lowest BCUT2D eigenvalue weighted by molar-refractivity contribution is 0.191. The van der Waals surface area contributed by atoms with E-state index in [2.05, 4.69) is 14.9 Å². The van der Waals surface area contributed by atoms with Crippen LogP contribution in [0.1, 0.15) is 42.9 Å². The molecule has 2 heterocycles. The monoisotopic (exact) mass is 315 g/mol. The van der Waals surface area contributed by atoms with E-state index in [4.69, 9.17) is 4.74 Å². The third-order valence-electron chi connectivity index (χ3n) is 4.35. The molecular weight excluding hydrogens is 293 g/mol. The van der Waals surface area contributed by atoms with E-state index in [9.17, 15) is 4.39 Å². The Balaban J connectivity index is 1.80. The van der Waals surface area contributed by atoms with Gasteiger partial charge in [-0.1, -0.05) is 25.0 Å². The van der Waals surface area contributed by atoms with Gasteiger partial charge in [0.25, 0.3) is 0 Å². The Labute approximate surface area is 136 Å². The molecule has 1 unspecified atom stereocenters. The Morgan fingerprint density at radius 3 is 2.78 bits per heavy atom. The second-order valence-corrected chi connectivity index (χ2v) is 5.97. The predicted octanol–water partition coefficient (Wildman–Crippen LogP) is 3.74. The molecule has 0 radical (unpaired) electrons. The maximum absolute atomic E-state index is 13.6. The van der Waals surface area contributed by atoms with Gasteiger partial charge in [0.05, 0.1) is 7.11 Å². The normalized spacial score (nSPS) is 19.3. The molecule has 0 saturated carbocycles. The van der Waals surface area contributed by atoms with Gasteiger partial charge in [0.1, 0.15) is 5.82 Å². The van der Waals surface area contributed by atoms with Gasteiger partial charge in [-0.3, -0.25) is 4.90 Å². The highest BCUT2D eigenvalue weighted by atomic mass is 19.1. The molecule has 1 aromatic heterocycles. The summed E-state index contributed by atoms with van der Waals surface area (Å²) in [6.45, 7) is 1.78. The van der Waals surface area contributed by atoms with Crippen molar-refractivity contribution >= 4 is 0 Å². The third kappa shape index (κ3) is 4.05. The van der Waals surface area contributed by atoms with Gasteiger partial charge in [-0.2, -0.15) is 0 Å². The van der Waals surface area contributed by atoms with Crippen molar-refractivity contribution < 1.29 is 9.13 Å². The van der Waals surface area contributed by atoms with Crippen LogP contribution in [0.25, 0.3) is 0 Å². The summed E-state index contributed by atoms with van der Waals surface area (Å²) >= 11 is 0. The molecule has 23 heavy (non-hydrogen) atoms. The molecule has 1 aliphatic rings. The average Bonchev–Trinajstić information content (AvgIpc) is 2.81. The van der Waals surface area contributed by atoms with Crippen LogP contribution in [-0.2, 0) is 6.54 Å². The summed E-state index contributed by atoms with van der Waals surface area (Å²) in [4.78, 5) is 10.8. The fraction of sp³-hybridized carbons (Fsp3) is 0.444. The number of rotatable bonds is 4. The number of methoxy groups -OCH3 is 1. The highest BCUT2D eigenvalue weighted by molar-refractivity contribution is 5.21. The van der Waals surface area contributed by atoms with Crippen molar-refractivity contribution in [1.82, 2.24) is 14.9 Å². The lowest BCUT2D eigenvalue weighted by Gasteiger charge is -2.30. The minimum Gasteiger partial charge on any atom is -0.467 e. The fourth-order valence-corrected chi connectivity index (χ4v) is 3.21. The van der Waals surface area contributed by atoms with Crippen LogP contribution in [0.3, 0.4) is 0 Å². The zero-order valence-corrected chi connectivity index (χ0v) is 13.4. The minimum atomic E-state index is -0.167. The summed E-state index contributed by atoms with van der Waals surface area (Å²) in [5.74, 6) is -0.167. The second kappa shape index (κ2) is 7.51. The molecule has 0 aliphatic carbocycles. The van der Waals surface area contributed by atoms with Crippen LogP contribution in [0.15, 0.2) is 36.7 Å². The van der Waals surface area contributed by atoms with Crippen LogP contribution in [0.4, 0.5) is 4.39 Å². The molecular formula is C18H22FN3O. The lowest BCUT2D eigenvalue weighted by Crippen LogP contribution is -2.28. The van der Waals surface area contributed by atoms with Crippen LogP contribution in [0.5, 0.6) is 6.01 Å². The number of hydrogen-bond acceptors (Lipinski definition) is 4. The molecule has 1 fully saturated rings. The summed E-state index contributed by atoms with van der Waals surface area (Å²) in [5, 5.41) is 0. The van der Waals surface area contributed by atoms with Gasteiger partial charge in [-0.15, -0.1) is 0 Å². The van der Waals surface area contributed by atoms with Gasteiger partial charge < -0.3 is 4.74 Å². The van der Waals surface area contributed by atoms with Crippen molar-refractivity contribution in [2.45, 2.75) is 38.3 Å². The predicted molar refractivity (Wildman–Crippen MR) is 86.6 cm³/mol. The smallest absolute Gasteiger partial charge is 0.316 e. The highest BCUT2D eigenvalue weighted by Gasteiger charge is 2.23. The molecule has 0 N–H and O–H groups in total. The van der Waals surface area contributed by atoms with E-state index in [1.54, 1.807) is 31.6 Å². The molecule has 0 spiro atoms. The maximum atomic E-state index is 13.6. The summed E-state index contributed by atoms with van der Waals surface area (Å²) < 4.78 is 18.6. The number of nitrogens with zero attached hydrogens (tertiary/aromatic N) is 3. The Morgan fingerprint density at radius 2 is 2.04 bits per heavy atom. The van der Waals surface area contributed by atoms with Crippen molar-refractivity contribution in [3.05, 3.63) is 53.6 Å². The van der Waals surface area contributed by atoms with Crippen molar-refractivity contribution in [3.63, 3.8) is 0 Å². The SMILES string of the molecule is COc1ncc(CN2CCCCCC2c2cccc(F)c2)cn1. The van der Waals surface area contributed by atoms with Crippen LogP contribution >= 0.6 is 0 Å². The minimum absolute atomic E-state index is 0.167. The average molecular weight is 315 g/mol. The number of ether oxygens (including phenoxy) is 1. The molecule has 2 aromatic rings. The summed E-state index contributed by atoms with van der Waals surface area (Å²) in [6, 6.07) is 7.61. The zero-order chi connectivity index (χ0) is 16.1. The van der Waals surface area contributed by atoms with E-state index in [0.29, 0.717) is 6.01 Å². The molecule has 5 heteroatoms. The Morgan fingerprint density at radius 1 is 1.22 bits per heavy atom. The van der Waals surface area contributed by atoms with E-state index in [-0.39, 0.29) is 11.9 Å². The topological polar surface area (TPSA) is 38.2 Å². The largest absolute Gasteiger partial charge is 0.467 e. The first-order chi connectivity index (χ1) is 11.3. The van der Waals surface area contributed by atoms with Crippen molar-refractivity contribution in [1.29, 1.82) is 0 Å². The molecule has 122 valence electrons. The second-order valence-electron chi connectivity index (χ2n) is 5.97. The van der Waals surface area contributed by atoms with Crippen molar-refractivity contribution in [3.8, 4) is 6.01 Å². The van der Waals surface area contributed by atoms with E-state index in [1.807, 2.05) is 6.07 Å². The quantitative estimate of drug-likeness (QED) is 0.861. The summed E-state index contributed by atoms with van der Waals surface area (Å²) in [5.41, 5.74) is 2.11. The first kappa shape index (κ1) is 15.9. The number of halogens is 1. The van der Waals surface area contributed by atoms with E-state index in [0.717, 1.165) is 30.6 Å². The van der Waals surface area contributed by atoms with Crippen LogP contribution in [-0.4, -0.2) is 28.5 Å². The fourth-order valence-electron chi connectivity index (χ4n) is 3.21. The summed E-state index contributed by atoms with van der Waals surface area (Å²) in [6.07, 6.45) is 8.24. The van der Waals surface area contributed by atoms with E-state index in [1.165, 1.54) is 25.3 Å². The van der Waals surface area contributed by atoms with Crippen LogP contribution < -0.4 is 4.74 Å². The van der Waals surface area contributed by atoms with Gasteiger partial charge in [-0.05, 0) is 37.1 Å². The Kier molecular flexibility index (Phi) is 5.18. The zero-order valence-electron chi connectivity index (χ0n) is 13.4. The number of benzene rings is 1. The van der Waals surface area contributed by atoms with Gasteiger partial charge in [0.2, 0.25) is 0 Å². The molecule has 0 bridgehead atoms. The van der Waals surface area contributed by atoms with Gasteiger partial charge in [-0.25, -0.2) is 14.4 Å². The van der Waals surface area contributed by atoms with E-state index < -0.39 is 0 Å². The molecule has 1 aliphatic heterocycles.